The summed E-state index contributed by atoms with van der Waals surface area (Å²) in [6, 6.07) is 15.7. The van der Waals surface area contributed by atoms with Crippen LogP contribution in [-0.2, 0) is 6.54 Å². The smallest absolute Gasteiger partial charge is 0.256 e. The first-order chi connectivity index (χ1) is 11.1. The molecule has 0 aliphatic carbocycles. The van der Waals surface area contributed by atoms with Gasteiger partial charge in [0.2, 0.25) is 0 Å². The van der Waals surface area contributed by atoms with Crippen molar-refractivity contribution in [3.8, 4) is 17.0 Å². The number of fused-ring (bicyclic) bond motifs is 1. The summed E-state index contributed by atoms with van der Waals surface area (Å²) < 4.78 is 5.38. The number of rotatable bonds is 4. The van der Waals surface area contributed by atoms with Gasteiger partial charge in [0.1, 0.15) is 5.75 Å². The van der Waals surface area contributed by atoms with E-state index in [-0.39, 0.29) is 5.56 Å². The number of nitrogens with one attached hydrogen (secondary N) is 1. The van der Waals surface area contributed by atoms with E-state index in [1.54, 1.807) is 13.2 Å². The fourth-order valence-electron chi connectivity index (χ4n) is 2.75. The molecule has 3 aromatic rings. The molecule has 0 spiro atoms. The predicted molar refractivity (Wildman–Crippen MR) is 93.9 cm³/mol. The Balaban J connectivity index is 2.08. The maximum Gasteiger partial charge on any atom is 0.256 e. The van der Waals surface area contributed by atoms with Crippen LogP contribution in [0.25, 0.3) is 22.0 Å². The molecule has 0 saturated carbocycles. The predicted octanol–water partition coefficient (Wildman–Crippen LogP) is 3.27. The van der Waals surface area contributed by atoms with Crippen LogP contribution >= 0.6 is 0 Å². The van der Waals surface area contributed by atoms with Crippen molar-refractivity contribution in [1.82, 2.24) is 9.88 Å². The Labute approximate surface area is 135 Å². The maximum absolute atomic E-state index is 12.3. The molecule has 0 fully saturated rings. The van der Waals surface area contributed by atoms with Gasteiger partial charge in [0.25, 0.3) is 5.56 Å². The van der Waals surface area contributed by atoms with Gasteiger partial charge in [-0.05, 0) is 43.4 Å². The van der Waals surface area contributed by atoms with Crippen molar-refractivity contribution in [2.75, 3.05) is 21.2 Å². The third-order valence-electron chi connectivity index (χ3n) is 3.83. The average Bonchev–Trinajstić information content (AvgIpc) is 2.54. The summed E-state index contributed by atoms with van der Waals surface area (Å²) >= 11 is 0. The van der Waals surface area contributed by atoms with Crippen molar-refractivity contribution >= 4 is 10.8 Å². The van der Waals surface area contributed by atoms with Crippen molar-refractivity contribution in [3.05, 3.63) is 64.4 Å². The topological polar surface area (TPSA) is 45.3 Å². The van der Waals surface area contributed by atoms with Gasteiger partial charge in [-0.15, -0.1) is 0 Å². The molecule has 0 radical (unpaired) electrons. The van der Waals surface area contributed by atoms with Crippen molar-refractivity contribution in [1.29, 1.82) is 0 Å². The van der Waals surface area contributed by atoms with E-state index >= 15 is 0 Å². The van der Waals surface area contributed by atoms with E-state index in [9.17, 15) is 4.79 Å². The van der Waals surface area contributed by atoms with Crippen molar-refractivity contribution < 1.29 is 4.74 Å². The van der Waals surface area contributed by atoms with Crippen molar-refractivity contribution in [2.24, 2.45) is 0 Å². The number of H-pyrrole nitrogens is 1. The minimum Gasteiger partial charge on any atom is -0.496 e. The van der Waals surface area contributed by atoms with Crippen LogP contribution in [0.4, 0.5) is 0 Å². The number of methoxy groups -OCH3 is 1. The van der Waals surface area contributed by atoms with Crippen LogP contribution in [0.15, 0.2) is 53.3 Å². The highest BCUT2D eigenvalue weighted by Gasteiger charge is 2.08. The lowest BCUT2D eigenvalue weighted by molar-refractivity contribution is 0.402. The zero-order chi connectivity index (χ0) is 16.4. The summed E-state index contributed by atoms with van der Waals surface area (Å²) in [6.07, 6.45) is 0. The number of aromatic nitrogens is 1. The third-order valence-corrected chi connectivity index (χ3v) is 3.83. The van der Waals surface area contributed by atoms with Crippen LogP contribution in [-0.4, -0.2) is 31.1 Å². The lowest BCUT2D eigenvalue weighted by atomic mass is 10.0. The SMILES string of the molecule is COc1cccc2c(=O)[nH]c(-c3ccc(CN(C)C)cc3)cc12. The molecule has 23 heavy (non-hydrogen) atoms. The van der Waals surface area contributed by atoms with Crippen LogP contribution in [0, 0.1) is 0 Å². The first-order valence-corrected chi connectivity index (χ1v) is 7.52. The number of benzene rings is 2. The van der Waals surface area contributed by atoms with E-state index in [2.05, 4.69) is 22.0 Å². The summed E-state index contributed by atoms with van der Waals surface area (Å²) in [7, 11) is 5.70. The highest BCUT2D eigenvalue weighted by molar-refractivity contribution is 5.90. The Hall–Kier alpha value is -2.59. The Morgan fingerprint density at radius 1 is 1.04 bits per heavy atom. The van der Waals surface area contributed by atoms with Crippen LogP contribution < -0.4 is 10.3 Å². The molecule has 1 N–H and O–H groups in total. The number of pyridine rings is 1. The molecule has 4 heteroatoms. The zero-order valence-corrected chi connectivity index (χ0v) is 13.6. The van der Waals surface area contributed by atoms with Gasteiger partial charge in [-0.2, -0.15) is 0 Å². The van der Waals surface area contributed by atoms with Gasteiger partial charge in [-0.1, -0.05) is 30.3 Å². The quantitative estimate of drug-likeness (QED) is 0.804. The number of hydrogen-bond donors (Lipinski definition) is 1. The molecule has 2 aromatic carbocycles. The van der Waals surface area contributed by atoms with Crippen molar-refractivity contribution in [3.63, 3.8) is 0 Å². The monoisotopic (exact) mass is 308 g/mol. The maximum atomic E-state index is 12.3. The first kappa shape index (κ1) is 15.3. The molecular weight excluding hydrogens is 288 g/mol. The van der Waals surface area contributed by atoms with Crippen LogP contribution in [0.1, 0.15) is 5.56 Å². The molecule has 118 valence electrons. The Morgan fingerprint density at radius 2 is 1.78 bits per heavy atom. The van der Waals surface area contributed by atoms with E-state index < -0.39 is 0 Å². The molecule has 0 aliphatic heterocycles. The zero-order valence-electron chi connectivity index (χ0n) is 13.6. The number of hydrogen-bond acceptors (Lipinski definition) is 3. The Bertz CT molecular complexity index is 880. The van der Waals surface area contributed by atoms with Crippen molar-refractivity contribution in [2.45, 2.75) is 6.54 Å². The highest BCUT2D eigenvalue weighted by Crippen LogP contribution is 2.27. The molecular formula is C19H20N2O2. The molecule has 0 amide bonds. The molecule has 0 unspecified atom stereocenters. The van der Waals surface area contributed by atoms with E-state index in [0.717, 1.165) is 23.2 Å². The normalized spacial score (nSPS) is 11.1. The fraction of sp³-hybridized carbons (Fsp3) is 0.211. The van der Waals surface area contributed by atoms with Crippen LogP contribution in [0.3, 0.4) is 0 Å². The number of ether oxygens (including phenoxy) is 1. The molecule has 3 rings (SSSR count). The largest absolute Gasteiger partial charge is 0.496 e. The molecule has 0 aliphatic rings. The van der Waals surface area contributed by atoms with E-state index in [1.165, 1.54) is 5.56 Å². The van der Waals surface area contributed by atoms with Gasteiger partial charge in [-0.3, -0.25) is 4.79 Å². The number of aromatic amines is 1. The summed E-state index contributed by atoms with van der Waals surface area (Å²) in [5.74, 6) is 0.707. The fourth-order valence-corrected chi connectivity index (χ4v) is 2.75. The van der Waals surface area contributed by atoms with Gasteiger partial charge < -0.3 is 14.6 Å². The summed E-state index contributed by atoms with van der Waals surface area (Å²) in [4.78, 5) is 17.4. The third kappa shape index (κ3) is 3.12. The second-order valence-electron chi connectivity index (χ2n) is 5.87. The van der Waals surface area contributed by atoms with Gasteiger partial charge >= 0.3 is 0 Å². The van der Waals surface area contributed by atoms with E-state index in [1.807, 2.05) is 44.4 Å². The summed E-state index contributed by atoms with van der Waals surface area (Å²) in [6.45, 7) is 0.891. The molecule has 1 heterocycles. The van der Waals surface area contributed by atoms with Gasteiger partial charge in [-0.25, -0.2) is 0 Å². The lowest BCUT2D eigenvalue weighted by Gasteiger charge is -2.11. The second-order valence-corrected chi connectivity index (χ2v) is 5.87. The average molecular weight is 308 g/mol. The first-order valence-electron chi connectivity index (χ1n) is 7.52. The summed E-state index contributed by atoms with van der Waals surface area (Å²) in [5, 5.41) is 1.46. The Morgan fingerprint density at radius 3 is 2.43 bits per heavy atom. The minimum atomic E-state index is -0.103. The van der Waals surface area contributed by atoms with Crippen LogP contribution in [0.2, 0.25) is 0 Å². The Kier molecular flexibility index (Phi) is 4.17. The minimum absolute atomic E-state index is 0.103. The molecule has 4 nitrogen and oxygen atoms in total. The van der Waals surface area contributed by atoms with Gasteiger partial charge in [0.05, 0.1) is 12.5 Å². The second kappa shape index (κ2) is 6.26. The molecule has 0 saturated heterocycles. The van der Waals surface area contributed by atoms with Gasteiger partial charge in [0.15, 0.2) is 0 Å². The molecule has 1 aromatic heterocycles. The lowest BCUT2D eigenvalue weighted by Crippen LogP contribution is -2.10. The van der Waals surface area contributed by atoms with E-state index in [4.69, 9.17) is 4.74 Å². The van der Waals surface area contributed by atoms with E-state index in [0.29, 0.717) is 11.1 Å². The van der Waals surface area contributed by atoms with Crippen LogP contribution in [0.5, 0.6) is 5.75 Å². The number of nitrogens with zero attached hydrogens (tertiary/aromatic N) is 1. The standard InChI is InChI=1S/C19H20N2O2/c1-21(2)12-13-7-9-14(10-8-13)17-11-16-15(19(22)20-17)5-4-6-18(16)23-3/h4-11H,12H2,1-3H3,(H,20,22). The summed E-state index contributed by atoms with van der Waals surface area (Å²) in [5.41, 5.74) is 2.91. The highest BCUT2D eigenvalue weighted by atomic mass is 16.5. The van der Waals surface area contributed by atoms with Gasteiger partial charge in [0, 0.05) is 17.6 Å². The molecule has 0 bridgehead atoms. The molecule has 0 atom stereocenters.